The molecule has 1 aromatic rings. The Hall–Kier alpha value is -1.99. The van der Waals surface area contributed by atoms with E-state index in [0.717, 1.165) is 0 Å². The van der Waals surface area contributed by atoms with Crippen LogP contribution in [0.5, 0.6) is 5.75 Å². The van der Waals surface area contributed by atoms with E-state index >= 15 is 0 Å². The van der Waals surface area contributed by atoms with Gasteiger partial charge in [0.25, 0.3) is 0 Å². The van der Waals surface area contributed by atoms with Crippen LogP contribution in [-0.4, -0.2) is 55.4 Å². The minimum atomic E-state index is -0.968. The Bertz CT molecular complexity index is 553. The van der Waals surface area contributed by atoms with Gasteiger partial charge in [0.2, 0.25) is 0 Å². The van der Waals surface area contributed by atoms with Crippen molar-refractivity contribution in [3.8, 4) is 5.75 Å². The summed E-state index contributed by atoms with van der Waals surface area (Å²) >= 11 is 5.96. The van der Waals surface area contributed by atoms with Crippen molar-refractivity contribution in [2.75, 3.05) is 32.6 Å². The number of ether oxygens (including phenoxy) is 2. The van der Waals surface area contributed by atoms with Gasteiger partial charge in [0.05, 0.1) is 18.7 Å². The normalized spacial score (nSPS) is 11.7. The molecule has 1 rings (SSSR count). The van der Waals surface area contributed by atoms with E-state index in [1.165, 1.54) is 11.9 Å². The molecule has 0 bridgehead atoms. The van der Waals surface area contributed by atoms with Crippen LogP contribution in [0.4, 0.5) is 10.5 Å². The standard InChI is InChI=1S/C15H21ClN2O5/c1-10(9-22-3)23-13-5-4-11(16)8-12(13)17-15(21)18(2)7-6-14(19)20/h4-5,8,10H,6-7,9H2,1-3H3,(H,17,21)(H,19,20). The SMILES string of the molecule is COCC(C)Oc1ccc(Cl)cc1NC(=O)N(C)CCC(=O)O. The molecule has 0 fully saturated rings. The van der Waals surface area contributed by atoms with Crippen LogP contribution in [0.2, 0.25) is 5.02 Å². The lowest BCUT2D eigenvalue weighted by Crippen LogP contribution is -2.33. The van der Waals surface area contributed by atoms with Crippen molar-refractivity contribution in [2.45, 2.75) is 19.4 Å². The summed E-state index contributed by atoms with van der Waals surface area (Å²) in [6.07, 6.45) is -0.338. The number of carbonyl (C=O) groups excluding carboxylic acids is 1. The van der Waals surface area contributed by atoms with Crippen LogP contribution in [0.1, 0.15) is 13.3 Å². The Morgan fingerprint density at radius 1 is 1.43 bits per heavy atom. The zero-order chi connectivity index (χ0) is 17.4. The first kappa shape index (κ1) is 19.1. The Balaban J connectivity index is 2.79. The summed E-state index contributed by atoms with van der Waals surface area (Å²) in [5.41, 5.74) is 0.410. The number of methoxy groups -OCH3 is 1. The van der Waals surface area contributed by atoms with Crippen molar-refractivity contribution in [3.05, 3.63) is 23.2 Å². The highest BCUT2D eigenvalue weighted by molar-refractivity contribution is 6.31. The van der Waals surface area contributed by atoms with Crippen LogP contribution in [-0.2, 0) is 9.53 Å². The number of anilines is 1. The maximum absolute atomic E-state index is 12.1. The third kappa shape index (κ3) is 6.75. The lowest BCUT2D eigenvalue weighted by Gasteiger charge is -2.20. The summed E-state index contributed by atoms with van der Waals surface area (Å²) < 4.78 is 10.7. The molecule has 2 amide bonds. The number of amides is 2. The molecular formula is C15H21ClN2O5. The van der Waals surface area contributed by atoms with Gasteiger partial charge in [-0.1, -0.05) is 11.6 Å². The zero-order valence-corrected chi connectivity index (χ0v) is 14.1. The summed E-state index contributed by atoms with van der Waals surface area (Å²) in [6.45, 7) is 2.33. The van der Waals surface area contributed by atoms with E-state index in [4.69, 9.17) is 26.2 Å². The molecule has 0 aromatic heterocycles. The maximum atomic E-state index is 12.1. The number of rotatable bonds is 8. The first-order valence-corrected chi connectivity index (χ1v) is 7.40. The molecule has 128 valence electrons. The second-order valence-electron chi connectivity index (χ2n) is 5.02. The van der Waals surface area contributed by atoms with Crippen molar-refractivity contribution in [1.82, 2.24) is 4.90 Å². The first-order chi connectivity index (χ1) is 10.8. The van der Waals surface area contributed by atoms with Crippen LogP contribution >= 0.6 is 11.6 Å². The minimum Gasteiger partial charge on any atom is -0.486 e. The Morgan fingerprint density at radius 2 is 2.13 bits per heavy atom. The summed E-state index contributed by atoms with van der Waals surface area (Å²) in [5, 5.41) is 11.8. The lowest BCUT2D eigenvalue weighted by atomic mass is 10.3. The van der Waals surface area contributed by atoms with Crippen LogP contribution < -0.4 is 10.1 Å². The highest BCUT2D eigenvalue weighted by atomic mass is 35.5. The second-order valence-corrected chi connectivity index (χ2v) is 5.46. The summed E-state index contributed by atoms with van der Waals surface area (Å²) in [6, 6.07) is 4.43. The number of aliphatic carboxylic acids is 1. The maximum Gasteiger partial charge on any atom is 0.321 e. The number of hydrogen-bond acceptors (Lipinski definition) is 4. The highest BCUT2D eigenvalue weighted by Gasteiger charge is 2.15. The average Bonchev–Trinajstić information content (AvgIpc) is 2.47. The molecule has 0 heterocycles. The molecule has 23 heavy (non-hydrogen) atoms. The first-order valence-electron chi connectivity index (χ1n) is 7.02. The van der Waals surface area contributed by atoms with Gasteiger partial charge < -0.3 is 24.8 Å². The fraction of sp³-hybridized carbons (Fsp3) is 0.467. The van der Waals surface area contributed by atoms with E-state index in [0.29, 0.717) is 23.1 Å². The van der Waals surface area contributed by atoms with Gasteiger partial charge in [-0.2, -0.15) is 0 Å². The van der Waals surface area contributed by atoms with Crippen LogP contribution in [0.15, 0.2) is 18.2 Å². The van der Waals surface area contributed by atoms with E-state index < -0.39 is 12.0 Å². The van der Waals surface area contributed by atoms with Gasteiger partial charge in [-0.3, -0.25) is 4.79 Å². The number of carboxylic acid groups (broad SMARTS) is 1. The summed E-state index contributed by atoms with van der Waals surface area (Å²) in [5.74, 6) is -0.510. The molecule has 2 N–H and O–H groups in total. The average molecular weight is 345 g/mol. The highest BCUT2D eigenvalue weighted by Crippen LogP contribution is 2.29. The molecule has 7 nitrogen and oxygen atoms in total. The van der Waals surface area contributed by atoms with Gasteiger partial charge >= 0.3 is 12.0 Å². The van der Waals surface area contributed by atoms with E-state index in [9.17, 15) is 9.59 Å². The van der Waals surface area contributed by atoms with Crippen LogP contribution in [0.25, 0.3) is 0 Å². The minimum absolute atomic E-state index is 0.0952. The van der Waals surface area contributed by atoms with Gasteiger partial charge in [-0.15, -0.1) is 0 Å². The van der Waals surface area contributed by atoms with Gasteiger partial charge in [-0.25, -0.2) is 4.79 Å². The number of carbonyl (C=O) groups is 2. The number of nitrogens with zero attached hydrogens (tertiary/aromatic N) is 1. The fourth-order valence-corrected chi connectivity index (χ4v) is 1.94. The molecule has 0 saturated carbocycles. The van der Waals surface area contributed by atoms with Gasteiger partial charge in [0.1, 0.15) is 11.9 Å². The molecule has 0 aliphatic carbocycles. The van der Waals surface area contributed by atoms with Gasteiger partial charge in [0.15, 0.2) is 0 Å². The second kappa shape index (κ2) is 9.22. The molecule has 8 heteroatoms. The van der Waals surface area contributed by atoms with Gasteiger partial charge in [-0.05, 0) is 25.1 Å². The van der Waals surface area contributed by atoms with Crippen LogP contribution in [0.3, 0.4) is 0 Å². The Labute approximate surface area is 140 Å². The summed E-state index contributed by atoms with van der Waals surface area (Å²) in [4.78, 5) is 23.9. The third-order valence-corrected chi connectivity index (χ3v) is 3.16. The van der Waals surface area contributed by atoms with E-state index in [2.05, 4.69) is 5.32 Å². The molecule has 1 unspecified atom stereocenters. The number of urea groups is 1. The summed E-state index contributed by atoms with van der Waals surface area (Å²) in [7, 11) is 3.08. The lowest BCUT2D eigenvalue weighted by molar-refractivity contribution is -0.137. The molecule has 0 saturated heterocycles. The number of nitrogens with one attached hydrogen (secondary N) is 1. The molecular weight excluding hydrogens is 324 g/mol. The molecule has 0 aliphatic heterocycles. The molecule has 1 aromatic carbocycles. The monoisotopic (exact) mass is 344 g/mol. The quantitative estimate of drug-likeness (QED) is 0.757. The smallest absolute Gasteiger partial charge is 0.321 e. The Kier molecular flexibility index (Phi) is 7.64. The molecule has 1 atom stereocenters. The van der Waals surface area contributed by atoms with Gasteiger partial charge in [0, 0.05) is 25.7 Å². The molecule has 0 spiro atoms. The number of carboxylic acids is 1. The van der Waals surface area contributed by atoms with Crippen LogP contribution in [0, 0.1) is 0 Å². The number of benzene rings is 1. The largest absolute Gasteiger partial charge is 0.486 e. The van der Waals surface area contributed by atoms with Crippen molar-refractivity contribution in [1.29, 1.82) is 0 Å². The topological polar surface area (TPSA) is 88.1 Å². The van der Waals surface area contributed by atoms with Crippen molar-refractivity contribution < 1.29 is 24.2 Å². The number of halogens is 1. The molecule has 0 radical (unpaired) electrons. The predicted octanol–water partition coefficient (Wildman–Crippen LogP) is 2.69. The van der Waals surface area contributed by atoms with E-state index in [1.807, 2.05) is 6.92 Å². The Morgan fingerprint density at radius 3 is 2.74 bits per heavy atom. The molecule has 0 aliphatic rings. The number of hydrogen-bond donors (Lipinski definition) is 2. The van der Waals surface area contributed by atoms with E-state index in [1.54, 1.807) is 25.3 Å². The predicted molar refractivity (Wildman–Crippen MR) is 87.3 cm³/mol. The fourth-order valence-electron chi connectivity index (χ4n) is 1.76. The van der Waals surface area contributed by atoms with Crippen molar-refractivity contribution in [3.63, 3.8) is 0 Å². The van der Waals surface area contributed by atoms with Crippen molar-refractivity contribution in [2.24, 2.45) is 0 Å². The zero-order valence-electron chi connectivity index (χ0n) is 13.3. The van der Waals surface area contributed by atoms with Crippen molar-refractivity contribution >= 4 is 29.3 Å². The van der Waals surface area contributed by atoms with E-state index in [-0.39, 0.29) is 19.1 Å². The third-order valence-electron chi connectivity index (χ3n) is 2.92.